The van der Waals surface area contributed by atoms with Gasteiger partial charge in [-0.25, -0.2) is 0 Å². The zero-order valence-electron chi connectivity index (χ0n) is 12.8. The fourth-order valence-electron chi connectivity index (χ4n) is 1.79. The first-order chi connectivity index (χ1) is 8.75. The lowest BCUT2D eigenvalue weighted by Gasteiger charge is -2.27. The molecule has 1 unspecified atom stereocenters. The van der Waals surface area contributed by atoms with Crippen LogP contribution in [0.2, 0.25) is 0 Å². The van der Waals surface area contributed by atoms with E-state index in [-0.39, 0.29) is 11.3 Å². The number of rotatable bonds is 5. The van der Waals surface area contributed by atoms with Crippen molar-refractivity contribution in [2.45, 2.75) is 47.6 Å². The van der Waals surface area contributed by atoms with Crippen LogP contribution in [-0.4, -0.2) is 17.0 Å². The summed E-state index contributed by atoms with van der Waals surface area (Å²) in [5, 5.41) is 3.00. The van der Waals surface area contributed by atoms with Gasteiger partial charge in [0.25, 0.3) is 5.91 Å². The van der Waals surface area contributed by atoms with Crippen LogP contribution in [0.3, 0.4) is 0 Å². The van der Waals surface area contributed by atoms with Crippen LogP contribution in [0.25, 0.3) is 0 Å². The highest BCUT2D eigenvalue weighted by atomic mass is 16.1. The second kappa shape index (κ2) is 6.13. The minimum absolute atomic E-state index is 0.0405. The van der Waals surface area contributed by atoms with Gasteiger partial charge < -0.3 is 15.6 Å². The zero-order chi connectivity index (χ0) is 14.6. The Hall–Kier alpha value is -1.45. The molecule has 4 heteroatoms. The van der Waals surface area contributed by atoms with Crippen molar-refractivity contribution >= 4 is 11.6 Å². The van der Waals surface area contributed by atoms with E-state index in [9.17, 15) is 4.79 Å². The maximum Gasteiger partial charge on any atom is 0.267 e. The average molecular weight is 265 g/mol. The molecule has 0 aliphatic carbocycles. The maximum absolute atomic E-state index is 12.2. The predicted octanol–water partition coefficient (Wildman–Crippen LogP) is 2.89. The minimum Gasteiger partial charge on any atom is -0.397 e. The second-order valence-corrected chi connectivity index (χ2v) is 6.33. The number of hydrogen-bond donors (Lipinski definition) is 2. The van der Waals surface area contributed by atoms with Crippen molar-refractivity contribution in [2.75, 3.05) is 12.3 Å². The summed E-state index contributed by atoms with van der Waals surface area (Å²) >= 11 is 0. The maximum atomic E-state index is 12.2. The summed E-state index contributed by atoms with van der Waals surface area (Å²) in [6.07, 6.45) is 2.80. The summed E-state index contributed by atoms with van der Waals surface area (Å²) < 4.78 is 1.92. The van der Waals surface area contributed by atoms with Crippen LogP contribution in [0.15, 0.2) is 12.3 Å². The largest absolute Gasteiger partial charge is 0.397 e. The van der Waals surface area contributed by atoms with Crippen LogP contribution in [-0.2, 0) is 6.54 Å². The molecule has 0 bridgehead atoms. The van der Waals surface area contributed by atoms with E-state index in [1.54, 1.807) is 6.07 Å². The first-order valence-electron chi connectivity index (χ1n) is 6.99. The number of nitrogens with zero attached hydrogens (tertiary/aromatic N) is 1. The Kier molecular flexibility index (Phi) is 5.04. The summed E-state index contributed by atoms with van der Waals surface area (Å²) in [6.45, 7) is 12.3. The van der Waals surface area contributed by atoms with Crippen molar-refractivity contribution in [1.29, 1.82) is 0 Å². The van der Waals surface area contributed by atoms with Crippen LogP contribution >= 0.6 is 0 Å². The third kappa shape index (κ3) is 4.30. The van der Waals surface area contributed by atoms with Crippen molar-refractivity contribution in [1.82, 2.24) is 9.88 Å². The highest BCUT2D eigenvalue weighted by Gasteiger charge is 2.21. The molecular weight excluding hydrogens is 238 g/mol. The summed E-state index contributed by atoms with van der Waals surface area (Å²) in [5.41, 5.74) is 7.26. The molecule has 1 atom stereocenters. The molecular formula is C15H27N3O. The van der Waals surface area contributed by atoms with Gasteiger partial charge in [-0.2, -0.15) is 0 Å². The monoisotopic (exact) mass is 265 g/mol. The first-order valence-corrected chi connectivity index (χ1v) is 6.99. The summed E-state index contributed by atoms with van der Waals surface area (Å²) in [7, 11) is 0. The number of hydrogen-bond acceptors (Lipinski definition) is 2. The lowest BCUT2D eigenvalue weighted by molar-refractivity contribution is 0.0927. The Labute approximate surface area is 116 Å². The molecule has 3 N–H and O–H groups in total. The lowest BCUT2D eigenvalue weighted by Crippen LogP contribution is -2.34. The topological polar surface area (TPSA) is 60.0 Å². The zero-order valence-corrected chi connectivity index (χ0v) is 12.8. The van der Waals surface area contributed by atoms with Gasteiger partial charge in [0.05, 0.1) is 5.69 Å². The van der Waals surface area contributed by atoms with Crippen LogP contribution in [0, 0.1) is 11.3 Å². The van der Waals surface area contributed by atoms with Crippen LogP contribution < -0.4 is 11.1 Å². The smallest absolute Gasteiger partial charge is 0.267 e. The van der Waals surface area contributed by atoms with Crippen LogP contribution in [0.1, 0.15) is 51.5 Å². The quantitative estimate of drug-likeness (QED) is 0.860. The van der Waals surface area contributed by atoms with Crippen molar-refractivity contribution in [3.8, 4) is 0 Å². The van der Waals surface area contributed by atoms with Gasteiger partial charge in [0, 0.05) is 19.3 Å². The molecule has 0 fully saturated rings. The molecule has 1 heterocycles. The third-order valence-electron chi connectivity index (χ3n) is 3.66. The predicted molar refractivity (Wildman–Crippen MR) is 80.1 cm³/mol. The molecule has 0 aromatic carbocycles. The number of nitrogens with one attached hydrogen (secondary N) is 1. The van der Waals surface area contributed by atoms with Crippen molar-refractivity contribution in [2.24, 2.45) is 11.3 Å². The molecule has 1 aromatic heterocycles. The van der Waals surface area contributed by atoms with Crippen LogP contribution in [0.5, 0.6) is 0 Å². The van der Waals surface area contributed by atoms with E-state index in [1.165, 1.54) is 0 Å². The third-order valence-corrected chi connectivity index (χ3v) is 3.66. The van der Waals surface area contributed by atoms with E-state index in [2.05, 4.69) is 39.9 Å². The number of aryl methyl sites for hydroxylation is 1. The van der Waals surface area contributed by atoms with Crippen molar-refractivity contribution in [3.05, 3.63) is 18.0 Å². The number of nitrogens with two attached hydrogens (primary N) is 1. The Balaban J connectivity index is 2.68. The second-order valence-electron chi connectivity index (χ2n) is 6.33. The van der Waals surface area contributed by atoms with Gasteiger partial charge in [0.2, 0.25) is 0 Å². The fourth-order valence-corrected chi connectivity index (χ4v) is 1.79. The highest BCUT2D eigenvalue weighted by Crippen LogP contribution is 2.24. The number of carbonyl (C=O) groups is 1. The molecule has 0 saturated carbocycles. The Morgan fingerprint density at radius 1 is 1.47 bits per heavy atom. The minimum atomic E-state index is -0.0405. The van der Waals surface area contributed by atoms with Crippen molar-refractivity contribution in [3.63, 3.8) is 0 Å². The average Bonchev–Trinajstić information content (AvgIpc) is 2.66. The molecule has 0 saturated heterocycles. The molecule has 1 rings (SSSR count). The number of nitrogen functional groups attached to an aromatic ring is 1. The van der Waals surface area contributed by atoms with Gasteiger partial charge in [-0.05, 0) is 23.8 Å². The van der Waals surface area contributed by atoms with Gasteiger partial charge >= 0.3 is 0 Å². The van der Waals surface area contributed by atoms with Gasteiger partial charge in [0.1, 0.15) is 5.69 Å². The Bertz CT molecular complexity index is 429. The number of aromatic nitrogens is 1. The van der Waals surface area contributed by atoms with E-state index in [4.69, 9.17) is 5.73 Å². The number of carbonyl (C=O) groups excluding carboxylic acids is 1. The van der Waals surface area contributed by atoms with E-state index < -0.39 is 0 Å². The molecule has 0 aliphatic heterocycles. The molecule has 19 heavy (non-hydrogen) atoms. The Morgan fingerprint density at radius 2 is 2.11 bits per heavy atom. The van der Waals surface area contributed by atoms with E-state index in [1.807, 2.05) is 10.8 Å². The normalized spacial score (nSPS) is 13.3. The van der Waals surface area contributed by atoms with Gasteiger partial charge in [0.15, 0.2) is 0 Å². The first kappa shape index (κ1) is 15.6. The SMILES string of the molecule is CCCn1cc(N)cc1C(=O)NCC(C)C(C)(C)C. The standard InChI is InChI=1S/C15H27N3O/c1-6-7-18-10-12(16)8-13(18)14(19)17-9-11(2)15(3,4)5/h8,10-11H,6-7,9,16H2,1-5H3,(H,17,19). The summed E-state index contributed by atoms with van der Waals surface area (Å²) in [4.78, 5) is 12.2. The van der Waals surface area contributed by atoms with Gasteiger partial charge in [-0.1, -0.05) is 34.6 Å². The highest BCUT2D eigenvalue weighted by molar-refractivity contribution is 5.93. The molecule has 1 amide bonds. The molecule has 0 spiro atoms. The number of amides is 1. The van der Waals surface area contributed by atoms with E-state index >= 15 is 0 Å². The van der Waals surface area contributed by atoms with Crippen molar-refractivity contribution < 1.29 is 4.79 Å². The van der Waals surface area contributed by atoms with Gasteiger partial charge in [-0.15, -0.1) is 0 Å². The fraction of sp³-hybridized carbons (Fsp3) is 0.667. The molecule has 0 radical (unpaired) electrons. The van der Waals surface area contributed by atoms with E-state index in [0.717, 1.165) is 13.0 Å². The number of anilines is 1. The van der Waals surface area contributed by atoms with Gasteiger partial charge in [-0.3, -0.25) is 4.79 Å². The van der Waals surface area contributed by atoms with Crippen LogP contribution in [0.4, 0.5) is 5.69 Å². The molecule has 108 valence electrons. The Morgan fingerprint density at radius 3 is 2.63 bits per heavy atom. The van der Waals surface area contributed by atoms with E-state index in [0.29, 0.717) is 23.8 Å². The lowest BCUT2D eigenvalue weighted by atomic mass is 9.82. The molecule has 1 aromatic rings. The summed E-state index contributed by atoms with van der Waals surface area (Å²) in [5.74, 6) is 0.379. The molecule has 0 aliphatic rings. The molecule has 4 nitrogen and oxygen atoms in total. The summed E-state index contributed by atoms with van der Waals surface area (Å²) in [6, 6.07) is 1.74.